The highest BCUT2D eigenvalue weighted by molar-refractivity contribution is 7.88. The van der Waals surface area contributed by atoms with Crippen LogP contribution in [-0.2, 0) is 10.0 Å². The molecular weight excluding hydrogens is 333 g/mol. The number of aromatic nitrogens is 2. The number of hydrogen-bond donors (Lipinski definition) is 1. The summed E-state index contributed by atoms with van der Waals surface area (Å²) < 4.78 is 24.6. The number of nitrogens with one attached hydrogen (secondary N) is 1. The molecule has 1 aromatic carbocycles. The average molecular weight is 348 g/mol. The second kappa shape index (κ2) is 5.43. The Morgan fingerprint density at radius 1 is 1.24 bits per heavy atom. The number of H-pyrrole nitrogens is 1. The fourth-order valence-corrected chi connectivity index (χ4v) is 3.87. The first-order valence-electron chi connectivity index (χ1n) is 6.64. The molecule has 114 valence electrons. The maximum Gasteiger partial charge on any atom is 0.211 e. The Bertz CT molecular complexity index is 741. The van der Waals surface area contributed by atoms with E-state index in [1.807, 2.05) is 0 Å². The predicted octanol–water partition coefficient (Wildman–Crippen LogP) is 3.01. The van der Waals surface area contributed by atoms with E-state index >= 15 is 0 Å². The van der Waals surface area contributed by atoms with E-state index in [4.69, 9.17) is 23.2 Å². The number of fused-ring (bicyclic) bond motifs is 1. The highest BCUT2D eigenvalue weighted by Crippen LogP contribution is 2.31. The van der Waals surface area contributed by atoms with Crippen LogP contribution in [0.3, 0.4) is 0 Å². The van der Waals surface area contributed by atoms with Crippen LogP contribution in [0.25, 0.3) is 11.0 Å². The van der Waals surface area contributed by atoms with Crippen molar-refractivity contribution in [2.75, 3.05) is 19.3 Å². The summed E-state index contributed by atoms with van der Waals surface area (Å²) in [6.45, 7) is 1.06. The topological polar surface area (TPSA) is 66.1 Å². The highest BCUT2D eigenvalue weighted by Gasteiger charge is 2.27. The fourth-order valence-electron chi connectivity index (χ4n) is 2.68. The molecule has 1 aliphatic rings. The van der Waals surface area contributed by atoms with Gasteiger partial charge in [-0.15, -0.1) is 0 Å². The van der Waals surface area contributed by atoms with E-state index in [1.165, 1.54) is 10.6 Å². The minimum Gasteiger partial charge on any atom is -0.342 e. The molecule has 0 amide bonds. The van der Waals surface area contributed by atoms with Crippen LogP contribution in [0.15, 0.2) is 12.1 Å². The van der Waals surface area contributed by atoms with Gasteiger partial charge in [-0.2, -0.15) is 0 Å². The van der Waals surface area contributed by atoms with Crippen molar-refractivity contribution in [2.45, 2.75) is 18.8 Å². The van der Waals surface area contributed by atoms with Gasteiger partial charge in [0.2, 0.25) is 10.0 Å². The number of piperidine rings is 1. The molecule has 2 aromatic rings. The molecule has 5 nitrogen and oxygen atoms in total. The van der Waals surface area contributed by atoms with Crippen LogP contribution in [0.4, 0.5) is 0 Å². The highest BCUT2D eigenvalue weighted by atomic mass is 35.5. The molecule has 21 heavy (non-hydrogen) atoms. The van der Waals surface area contributed by atoms with Crippen LogP contribution in [0.5, 0.6) is 0 Å². The van der Waals surface area contributed by atoms with E-state index in [0.29, 0.717) is 23.1 Å². The molecule has 0 saturated carbocycles. The van der Waals surface area contributed by atoms with Gasteiger partial charge in [-0.1, -0.05) is 23.2 Å². The number of imidazole rings is 1. The Kier molecular flexibility index (Phi) is 3.90. The Hall–Kier alpha value is -0.820. The standard InChI is InChI=1S/C13H15Cl2N3O2S/c1-21(19,20)18-4-2-8(3-5-18)13-16-11-6-9(14)10(15)7-12(11)17-13/h6-8H,2-5H2,1H3,(H,16,17). The van der Waals surface area contributed by atoms with Gasteiger partial charge in [0.15, 0.2) is 0 Å². The normalized spacial score (nSPS) is 18.4. The van der Waals surface area contributed by atoms with Crippen molar-refractivity contribution < 1.29 is 8.42 Å². The summed E-state index contributed by atoms with van der Waals surface area (Å²) in [4.78, 5) is 7.82. The van der Waals surface area contributed by atoms with Crippen LogP contribution in [0, 0.1) is 0 Å². The number of rotatable bonds is 2. The molecule has 1 aromatic heterocycles. The summed E-state index contributed by atoms with van der Waals surface area (Å²) in [5, 5.41) is 0.973. The Labute approximate surface area is 133 Å². The summed E-state index contributed by atoms with van der Waals surface area (Å²) in [7, 11) is -3.10. The van der Waals surface area contributed by atoms with Gasteiger partial charge >= 0.3 is 0 Å². The monoisotopic (exact) mass is 347 g/mol. The van der Waals surface area contributed by atoms with Crippen molar-refractivity contribution in [3.8, 4) is 0 Å². The van der Waals surface area contributed by atoms with E-state index in [9.17, 15) is 8.42 Å². The number of benzene rings is 1. The molecule has 8 heteroatoms. The smallest absolute Gasteiger partial charge is 0.211 e. The molecule has 0 radical (unpaired) electrons. The zero-order valence-corrected chi connectivity index (χ0v) is 13.8. The minimum atomic E-state index is -3.10. The Morgan fingerprint density at radius 2 is 1.86 bits per heavy atom. The number of sulfonamides is 1. The molecule has 1 N–H and O–H groups in total. The average Bonchev–Trinajstić information content (AvgIpc) is 2.81. The fraction of sp³-hybridized carbons (Fsp3) is 0.462. The molecule has 3 rings (SSSR count). The van der Waals surface area contributed by atoms with E-state index < -0.39 is 10.0 Å². The number of aromatic amines is 1. The summed E-state index contributed by atoms with van der Waals surface area (Å²) >= 11 is 12.0. The maximum atomic E-state index is 11.5. The van der Waals surface area contributed by atoms with Crippen molar-refractivity contribution in [3.63, 3.8) is 0 Å². The van der Waals surface area contributed by atoms with E-state index in [0.717, 1.165) is 29.7 Å². The molecule has 0 bridgehead atoms. The van der Waals surface area contributed by atoms with E-state index in [1.54, 1.807) is 12.1 Å². The van der Waals surface area contributed by atoms with Gasteiger partial charge in [0.05, 0.1) is 27.3 Å². The zero-order valence-electron chi connectivity index (χ0n) is 11.4. The molecule has 1 fully saturated rings. The lowest BCUT2D eigenvalue weighted by atomic mass is 9.97. The van der Waals surface area contributed by atoms with Gasteiger partial charge in [-0.25, -0.2) is 17.7 Å². The molecule has 0 aliphatic carbocycles. The number of halogens is 2. The number of nitrogens with zero attached hydrogens (tertiary/aromatic N) is 2. The first-order valence-corrected chi connectivity index (χ1v) is 9.25. The second-order valence-electron chi connectivity index (χ2n) is 5.34. The predicted molar refractivity (Wildman–Crippen MR) is 84.5 cm³/mol. The van der Waals surface area contributed by atoms with E-state index in [2.05, 4.69) is 9.97 Å². The Morgan fingerprint density at radius 3 is 2.48 bits per heavy atom. The summed E-state index contributed by atoms with van der Waals surface area (Å²) in [6.07, 6.45) is 2.77. The lowest BCUT2D eigenvalue weighted by Crippen LogP contribution is -2.37. The molecule has 2 heterocycles. The molecule has 0 atom stereocenters. The largest absolute Gasteiger partial charge is 0.342 e. The SMILES string of the molecule is CS(=O)(=O)N1CCC(c2nc3cc(Cl)c(Cl)cc3[nH]2)CC1. The van der Waals surface area contributed by atoms with Gasteiger partial charge in [-0.05, 0) is 25.0 Å². The summed E-state index contributed by atoms with van der Waals surface area (Å²) in [5.74, 6) is 1.10. The van der Waals surface area contributed by atoms with Crippen LogP contribution in [0.1, 0.15) is 24.6 Å². The molecule has 1 aliphatic heterocycles. The van der Waals surface area contributed by atoms with E-state index in [-0.39, 0.29) is 5.92 Å². The second-order valence-corrected chi connectivity index (χ2v) is 8.14. The van der Waals surface area contributed by atoms with Gasteiger partial charge in [-0.3, -0.25) is 0 Å². The van der Waals surface area contributed by atoms with Gasteiger partial charge in [0.1, 0.15) is 5.82 Å². The first kappa shape index (κ1) is 15.1. The van der Waals surface area contributed by atoms with Gasteiger partial charge in [0.25, 0.3) is 0 Å². The third-order valence-corrected chi connectivity index (χ3v) is 5.88. The van der Waals surface area contributed by atoms with Crippen LogP contribution in [0.2, 0.25) is 10.0 Å². The van der Waals surface area contributed by atoms with Crippen molar-refractivity contribution in [3.05, 3.63) is 28.0 Å². The summed E-state index contributed by atoms with van der Waals surface area (Å²) in [6, 6.07) is 3.51. The minimum absolute atomic E-state index is 0.230. The third-order valence-electron chi connectivity index (χ3n) is 3.85. The molecule has 0 unspecified atom stereocenters. The van der Waals surface area contributed by atoms with Crippen molar-refractivity contribution in [1.82, 2.24) is 14.3 Å². The van der Waals surface area contributed by atoms with Crippen LogP contribution >= 0.6 is 23.2 Å². The molecular formula is C13H15Cl2N3O2S. The van der Waals surface area contributed by atoms with Crippen LogP contribution in [-0.4, -0.2) is 42.0 Å². The third kappa shape index (κ3) is 3.04. The lowest BCUT2D eigenvalue weighted by Gasteiger charge is -2.29. The van der Waals surface area contributed by atoms with Crippen molar-refractivity contribution >= 4 is 44.3 Å². The maximum absolute atomic E-state index is 11.5. The quantitative estimate of drug-likeness (QED) is 0.907. The van der Waals surface area contributed by atoms with Crippen molar-refractivity contribution in [1.29, 1.82) is 0 Å². The lowest BCUT2D eigenvalue weighted by molar-refractivity contribution is 0.316. The molecule has 1 saturated heterocycles. The van der Waals surface area contributed by atoms with Crippen molar-refractivity contribution in [2.24, 2.45) is 0 Å². The first-order chi connectivity index (χ1) is 9.84. The van der Waals surface area contributed by atoms with Gasteiger partial charge in [0, 0.05) is 19.0 Å². The summed E-state index contributed by atoms with van der Waals surface area (Å²) in [5.41, 5.74) is 1.63. The molecule has 0 spiro atoms. The van der Waals surface area contributed by atoms with Gasteiger partial charge < -0.3 is 4.98 Å². The zero-order chi connectivity index (χ0) is 15.2. The van der Waals surface area contributed by atoms with Crippen LogP contribution < -0.4 is 0 Å². The number of hydrogen-bond acceptors (Lipinski definition) is 3. The Balaban J connectivity index is 1.83.